The Balaban J connectivity index is 2.08. The number of rotatable bonds is 2. The molecule has 0 amide bonds. The third kappa shape index (κ3) is 2.95. The van der Waals surface area contributed by atoms with Crippen LogP contribution in [0.4, 0.5) is 18.3 Å². The maximum Gasteiger partial charge on any atom is 0.393 e. The number of aliphatic hydroxyl groups is 1. The molecule has 7 heteroatoms. The third-order valence-electron chi connectivity index (χ3n) is 3.08. The van der Waals surface area contributed by atoms with Crippen LogP contribution in [0.15, 0.2) is 6.20 Å². The van der Waals surface area contributed by atoms with Crippen LogP contribution in [0, 0.1) is 5.92 Å². The molecule has 3 nitrogen and oxygen atoms in total. The maximum atomic E-state index is 12.7. The summed E-state index contributed by atoms with van der Waals surface area (Å²) in [6.07, 6.45) is -2.52. The zero-order valence-corrected chi connectivity index (χ0v) is 10.8. The Morgan fingerprint density at radius 1 is 1.56 bits per heavy atom. The summed E-state index contributed by atoms with van der Waals surface area (Å²) in [5.74, 6) is -1.27. The van der Waals surface area contributed by atoms with E-state index in [0.717, 1.165) is 0 Å². The standard InChI is InChI=1S/C11H15F3N2OS/c1-7(17)9-5-15-10(18-9)16-4-2-3-8(6-16)11(12,13)14/h5,7-8,17H,2-4,6H2,1H3. The Morgan fingerprint density at radius 2 is 2.28 bits per heavy atom. The summed E-state index contributed by atoms with van der Waals surface area (Å²) < 4.78 is 38.0. The Morgan fingerprint density at radius 3 is 2.83 bits per heavy atom. The fraction of sp³-hybridized carbons (Fsp3) is 0.727. The van der Waals surface area contributed by atoms with Crippen molar-refractivity contribution in [2.75, 3.05) is 18.0 Å². The predicted molar refractivity (Wildman–Crippen MR) is 63.7 cm³/mol. The van der Waals surface area contributed by atoms with E-state index >= 15 is 0 Å². The van der Waals surface area contributed by atoms with Crippen molar-refractivity contribution >= 4 is 16.5 Å². The molecule has 102 valence electrons. The van der Waals surface area contributed by atoms with Crippen molar-refractivity contribution in [2.24, 2.45) is 5.92 Å². The van der Waals surface area contributed by atoms with Gasteiger partial charge in [-0.2, -0.15) is 13.2 Å². The second-order valence-corrected chi connectivity index (χ2v) is 5.59. The van der Waals surface area contributed by atoms with Crippen molar-refractivity contribution in [1.29, 1.82) is 0 Å². The molecule has 1 aromatic heterocycles. The zero-order valence-electron chi connectivity index (χ0n) is 9.94. The molecule has 0 aliphatic carbocycles. The number of alkyl halides is 3. The van der Waals surface area contributed by atoms with Gasteiger partial charge >= 0.3 is 6.18 Å². The number of aliphatic hydroxyl groups excluding tert-OH is 1. The van der Waals surface area contributed by atoms with Gasteiger partial charge in [0, 0.05) is 19.3 Å². The summed E-state index contributed by atoms with van der Waals surface area (Å²) in [5, 5.41) is 9.96. The van der Waals surface area contributed by atoms with Crippen molar-refractivity contribution in [1.82, 2.24) is 4.98 Å². The van der Waals surface area contributed by atoms with Gasteiger partial charge in [-0.1, -0.05) is 11.3 Å². The fourth-order valence-corrected chi connectivity index (χ4v) is 2.92. The summed E-state index contributed by atoms with van der Waals surface area (Å²) in [6.45, 7) is 2.18. The molecular weight excluding hydrogens is 265 g/mol. The highest BCUT2D eigenvalue weighted by atomic mass is 32.1. The van der Waals surface area contributed by atoms with Gasteiger partial charge in [-0.25, -0.2) is 4.98 Å². The van der Waals surface area contributed by atoms with Gasteiger partial charge in [-0.3, -0.25) is 0 Å². The molecule has 2 heterocycles. The first kappa shape index (κ1) is 13.6. The van der Waals surface area contributed by atoms with Crippen LogP contribution >= 0.6 is 11.3 Å². The van der Waals surface area contributed by atoms with Gasteiger partial charge in [-0.15, -0.1) is 0 Å². The quantitative estimate of drug-likeness (QED) is 0.904. The molecule has 18 heavy (non-hydrogen) atoms. The lowest BCUT2D eigenvalue weighted by molar-refractivity contribution is -0.175. The lowest BCUT2D eigenvalue weighted by Crippen LogP contribution is -2.41. The van der Waals surface area contributed by atoms with Gasteiger partial charge in [0.05, 0.1) is 16.9 Å². The molecule has 0 bridgehead atoms. The van der Waals surface area contributed by atoms with Gasteiger partial charge in [0.25, 0.3) is 0 Å². The van der Waals surface area contributed by atoms with Gasteiger partial charge < -0.3 is 10.0 Å². The van der Waals surface area contributed by atoms with Crippen LogP contribution in [-0.4, -0.2) is 29.4 Å². The molecule has 1 fully saturated rings. The van der Waals surface area contributed by atoms with E-state index in [1.165, 1.54) is 17.5 Å². The van der Waals surface area contributed by atoms with Crippen molar-refractivity contribution < 1.29 is 18.3 Å². The lowest BCUT2D eigenvalue weighted by atomic mass is 9.98. The largest absolute Gasteiger partial charge is 0.393 e. The maximum absolute atomic E-state index is 12.7. The van der Waals surface area contributed by atoms with E-state index < -0.39 is 18.2 Å². The van der Waals surface area contributed by atoms with Crippen molar-refractivity contribution in [3.63, 3.8) is 0 Å². The molecule has 2 rings (SSSR count). The molecule has 1 aromatic rings. The second-order valence-electron chi connectivity index (χ2n) is 4.55. The molecular formula is C11H15F3N2OS. The number of hydrogen-bond donors (Lipinski definition) is 1. The summed E-state index contributed by atoms with van der Waals surface area (Å²) in [6, 6.07) is 0. The molecule has 2 unspecified atom stereocenters. The lowest BCUT2D eigenvalue weighted by Gasteiger charge is -2.33. The molecule has 0 aromatic carbocycles. The summed E-state index contributed by atoms with van der Waals surface area (Å²) in [4.78, 5) is 6.44. The smallest absolute Gasteiger partial charge is 0.388 e. The zero-order chi connectivity index (χ0) is 13.3. The monoisotopic (exact) mass is 280 g/mol. The average Bonchev–Trinajstić information content (AvgIpc) is 2.77. The minimum Gasteiger partial charge on any atom is -0.388 e. The Labute approximate surface area is 107 Å². The van der Waals surface area contributed by atoms with E-state index in [1.807, 2.05) is 0 Å². The molecule has 0 saturated carbocycles. The highest BCUT2D eigenvalue weighted by Gasteiger charge is 2.42. The molecule has 1 aliphatic rings. The number of nitrogens with zero attached hydrogens (tertiary/aromatic N) is 2. The number of anilines is 1. The van der Waals surface area contributed by atoms with Crippen molar-refractivity contribution in [3.05, 3.63) is 11.1 Å². The summed E-state index contributed by atoms with van der Waals surface area (Å²) >= 11 is 1.26. The molecule has 1 N–H and O–H groups in total. The van der Waals surface area contributed by atoms with E-state index in [-0.39, 0.29) is 13.0 Å². The van der Waals surface area contributed by atoms with Crippen molar-refractivity contribution in [2.45, 2.75) is 32.0 Å². The molecule has 1 aliphatic heterocycles. The number of halogens is 3. The van der Waals surface area contributed by atoms with Crippen LogP contribution in [0.25, 0.3) is 0 Å². The van der Waals surface area contributed by atoms with E-state index in [0.29, 0.717) is 23.0 Å². The Bertz CT molecular complexity index is 405. The number of thiazole rings is 1. The highest BCUT2D eigenvalue weighted by Crippen LogP contribution is 2.36. The molecule has 0 spiro atoms. The fourth-order valence-electron chi connectivity index (χ4n) is 2.03. The van der Waals surface area contributed by atoms with E-state index in [2.05, 4.69) is 4.98 Å². The molecule has 1 saturated heterocycles. The van der Waals surface area contributed by atoms with Gasteiger partial charge in [0.1, 0.15) is 0 Å². The predicted octanol–water partition coefficient (Wildman–Crippen LogP) is 2.98. The third-order valence-corrected chi connectivity index (χ3v) is 4.31. The summed E-state index contributed by atoms with van der Waals surface area (Å²) in [7, 11) is 0. The molecule has 2 atom stereocenters. The topological polar surface area (TPSA) is 36.4 Å². The minimum atomic E-state index is -4.14. The van der Waals surface area contributed by atoms with Crippen LogP contribution in [0.2, 0.25) is 0 Å². The number of piperidine rings is 1. The first-order valence-corrected chi connectivity index (χ1v) is 6.65. The van der Waals surface area contributed by atoms with Crippen LogP contribution < -0.4 is 4.90 Å². The number of hydrogen-bond acceptors (Lipinski definition) is 4. The van der Waals surface area contributed by atoms with Crippen LogP contribution in [0.3, 0.4) is 0 Å². The Hall–Kier alpha value is -0.820. The first-order chi connectivity index (χ1) is 8.38. The van der Waals surface area contributed by atoms with Gasteiger partial charge in [-0.05, 0) is 19.8 Å². The van der Waals surface area contributed by atoms with E-state index in [1.54, 1.807) is 11.8 Å². The number of aromatic nitrogens is 1. The normalized spacial score (nSPS) is 23.2. The Kier molecular flexibility index (Phi) is 3.82. The second kappa shape index (κ2) is 5.05. The van der Waals surface area contributed by atoms with Crippen molar-refractivity contribution in [3.8, 4) is 0 Å². The average molecular weight is 280 g/mol. The van der Waals surface area contributed by atoms with Crippen LogP contribution in [0.5, 0.6) is 0 Å². The summed E-state index contributed by atoms with van der Waals surface area (Å²) in [5.41, 5.74) is 0. The first-order valence-electron chi connectivity index (χ1n) is 5.83. The molecule has 0 radical (unpaired) electrons. The van der Waals surface area contributed by atoms with Crippen LogP contribution in [-0.2, 0) is 0 Å². The van der Waals surface area contributed by atoms with Gasteiger partial charge in [0.15, 0.2) is 5.13 Å². The highest BCUT2D eigenvalue weighted by molar-refractivity contribution is 7.15. The van der Waals surface area contributed by atoms with E-state index in [9.17, 15) is 18.3 Å². The van der Waals surface area contributed by atoms with E-state index in [4.69, 9.17) is 0 Å². The SMILES string of the molecule is CC(O)c1cnc(N2CCCC(C(F)(F)F)C2)s1. The van der Waals surface area contributed by atoms with Crippen LogP contribution in [0.1, 0.15) is 30.7 Å². The minimum absolute atomic E-state index is 0.0315. The van der Waals surface area contributed by atoms with Gasteiger partial charge in [0.2, 0.25) is 0 Å².